The highest BCUT2D eigenvalue weighted by molar-refractivity contribution is 8.02. The number of anilines is 2. The van der Waals surface area contributed by atoms with Crippen LogP contribution in [-0.4, -0.2) is 26.9 Å². The molecule has 0 fully saturated rings. The van der Waals surface area contributed by atoms with E-state index in [9.17, 15) is 9.18 Å². The van der Waals surface area contributed by atoms with Crippen LogP contribution >= 0.6 is 23.1 Å². The molecular formula is C15H19FN4OS2. The summed E-state index contributed by atoms with van der Waals surface area (Å²) < 4.78 is 14.2. The topological polar surface area (TPSA) is 66.9 Å². The summed E-state index contributed by atoms with van der Waals surface area (Å²) in [7, 11) is 0. The molecule has 1 aromatic carbocycles. The lowest BCUT2D eigenvalue weighted by Gasteiger charge is -2.22. The normalized spacial score (nSPS) is 12.7. The summed E-state index contributed by atoms with van der Waals surface area (Å²) in [5.41, 5.74) is 0.0728. The minimum Gasteiger partial charge on any atom is -0.351 e. The average Bonchev–Trinajstić information content (AvgIpc) is 2.87. The first-order chi connectivity index (χ1) is 10.7. The molecule has 0 aliphatic heterocycles. The third-order valence-electron chi connectivity index (χ3n) is 2.67. The van der Waals surface area contributed by atoms with Crippen molar-refractivity contribution in [1.82, 2.24) is 15.5 Å². The fourth-order valence-corrected chi connectivity index (χ4v) is 3.57. The van der Waals surface area contributed by atoms with Crippen LogP contribution in [0.4, 0.5) is 15.2 Å². The molecule has 1 atom stereocenters. The molecule has 0 aliphatic rings. The van der Waals surface area contributed by atoms with Crippen molar-refractivity contribution in [3.8, 4) is 0 Å². The number of nitrogens with one attached hydrogen (secondary N) is 2. The molecule has 0 bridgehead atoms. The first-order valence-corrected chi connectivity index (χ1v) is 8.78. The van der Waals surface area contributed by atoms with Gasteiger partial charge in [0.05, 0.1) is 10.9 Å². The van der Waals surface area contributed by atoms with Gasteiger partial charge in [-0.25, -0.2) is 4.39 Å². The molecule has 0 spiro atoms. The molecule has 23 heavy (non-hydrogen) atoms. The molecule has 0 saturated carbocycles. The number of carbonyl (C=O) groups is 1. The van der Waals surface area contributed by atoms with Crippen LogP contribution in [0, 0.1) is 5.82 Å². The number of benzene rings is 1. The van der Waals surface area contributed by atoms with Gasteiger partial charge in [0, 0.05) is 5.54 Å². The van der Waals surface area contributed by atoms with E-state index in [4.69, 9.17) is 0 Å². The maximum Gasteiger partial charge on any atom is 0.233 e. The zero-order valence-corrected chi connectivity index (χ0v) is 15.0. The summed E-state index contributed by atoms with van der Waals surface area (Å²) in [6.45, 7) is 7.62. The van der Waals surface area contributed by atoms with E-state index in [2.05, 4.69) is 20.8 Å². The van der Waals surface area contributed by atoms with Gasteiger partial charge in [-0.05, 0) is 39.8 Å². The minimum atomic E-state index is -0.352. The maximum absolute atomic E-state index is 13.6. The average molecular weight is 354 g/mol. The first kappa shape index (κ1) is 17.7. The van der Waals surface area contributed by atoms with Gasteiger partial charge in [-0.3, -0.25) is 4.79 Å². The molecule has 1 heterocycles. The highest BCUT2D eigenvalue weighted by Crippen LogP contribution is 2.31. The Morgan fingerprint density at radius 3 is 2.65 bits per heavy atom. The van der Waals surface area contributed by atoms with E-state index in [0.717, 1.165) is 0 Å². The fraction of sp³-hybridized carbons (Fsp3) is 0.400. The number of nitrogens with zero attached hydrogens (tertiary/aromatic N) is 2. The Labute approximate surface area is 143 Å². The summed E-state index contributed by atoms with van der Waals surface area (Å²) in [4.78, 5) is 12.1. The van der Waals surface area contributed by atoms with Crippen molar-refractivity contribution < 1.29 is 9.18 Å². The van der Waals surface area contributed by atoms with Crippen LogP contribution in [-0.2, 0) is 4.79 Å². The Hall–Kier alpha value is -1.67. The Kier molecular flexibility index (Phi) is 5.59. The lowest BCUT2D eigenvalue weighted by Crippen LogP contribution is -2.44. The van der Waals surface area contributed by atoms with E-state index in [1.807, 2.05) is 27.7 Å². The summed E-state index contributed by atoms with van der Waals surface area (Å²) in [5.74, 6) is -0.406. The summed E-state index contributed by atoms with van der Waals surface area (Å²) in [6.07, 6.45) is 0. The smallest absolute Gasteiger partial charge is 0.233 e. The third-order valence-corrected chi connectivity index (χ3v) is 4.69. The van der Waals surface area contributed by atoms with Crippen LogP contribution in [0.2, 0.25) is 0 Å². The van der Waals surface area contributed by atoms with Gasteiger partial charge in [0.2, 0.25) is 11.0 Å². The third kappa shape index (κ3) is 5.47. The molecule has 8 heteroatoms. The second-order valence-electron chi connectivity index (χ2n) is 5.98. The largest absolute Gasteiger partial charge is 0.351 e. The van der Waals surface area contributed by atoms with Crippen molar-refractivity contribution in [3.05, 3.63) is 30.1 Å². The van der Waals surface area contributed by atoms with Gasteiger partial charge in [-0.15, -0.1) is 10.2 Å². The van der Waals surface area contributed by atoms with E-state index in [1.165, 1.54) is 29.2 Å². The number of carbonyl (C=O) groups excluding carboxylic acids is 1. The van der Waals surface area contributed by atoms with Gasteiger partial charge in [-0.1, -0.05) is 35.2 Å². The fourth-order valence-electron chi connectivity index (χ4n) is 1.66. The molecule has 2 N–H and O–H groups in total. The van der Waals surface area contributed by atoms with Gasteiger partial charge in [0.1, 0.15) is 5.82 Å². The molecule has 124 valence electrons. The van der Waals surface area contributed by atoms with E-state index in [1.54, 1.807) is 18.2 Å². The number of rotatable bonds is 5. The number of aromatic nitrogens is 2. The Bertz CT molecular complexity index is 684. The van der Waals surface area contributed by atoms with Gasteiger partial charge in [0.25, 0.3) is 0 Å². The molecule has 2 rings (SSSR count). The standard InChI is InChI=1S/C15H19FN4OS2/c1-9(12(21)18-15(2,3)4)22-14-20-19-13(23-14)17-11-8-6-5-7-10(11)16/h5-9H,1-4H3,(H,17,19)(H,18,21)/t9-/m0/s1. The highest BCUT2D eigenvalue weighted by atomic mass is 32.2. The van der Waals surface area contributed by atoms with E-state index in [0.29, 0.717) is 15.2 Å². The van der Waals surface area contributed by atoms with Crippen LogP contribution in [0.1, 0.15) is 27.7 Å². The zero-order valence-electron chi connectivity index (χ0n) is 13.4. The van der Waals surface area contributed by atoms with Gasteiger partial charge in [0.15, 0.2) is 4.34 Å². The summed E-state index contributed by atoms with van der Waals surface area (Å²) in [6, 6.07) is 6.36. The molecule has 0 radical (unpaired) electrons. The second kappa shape index (κ2) is 7.27. The quantitative estimate of drug-likeness (QED) is 0.799. The molecule has 2 aromatic rings. The molecule has 1 amide bonds. The number of hydrogen-bond acceptors (Lipinski definition) is 6. The predicted octanol–water partition coefficient (Wildman–Crippen LogP) is 3.82. The van der Waals surface area contributed by atoms with E-state index in [-0.39, 0.29) is 22.5 Å². The summed E-state index contributed by atoms with van der Waals surface area (Å²) >= 11 is 2.61. The molecule has 5 nitrogen and oxygen atoms in total. The van der Waals surface area contributed by atoms with E-state index >= 15 is 0 Å². The predicted molar refractivity (Wildman–Crippen MR) is 92.8 cm³/mol. The second-order valence-corrected chi connectivity index (χ2v) is 8.54. The number of para-hydroxylation sites is 1. The Balaban J connectivity index is 1.97. The van der Waals surface area contributed by atoms with Crippen molar-refractivity contribution in [2.45, 2.75) is 42.8 Å². The van der Waals surface area contributed by atoms with Crippen LogP contribution in [0.3, 0.4) is 0 Å². The number of thioether (sulfide) groups is 1. The van der Waals surface area contributed by atoms with Crippen molar-refractivity contribution >= 4 is 39.8 Å². The van der Waals surface area contributed by atoms with Gasteiger partial charge in [-0.2, -0.15) is 0 Å². The lowest BCUT2D eigenvalue weighted by molar-refractivity contribution is -0.121. The lowest BCUT2D eigenvalue weighted by atomic mass is 10.1. The van der Waals surface area contributed by atoms with Crippen LogP contribution in [0.5, 0.6) is 0 Å². The number of amides is 1. The Morgan fingerprint density at radius 1 is 1.30 bits per heavy atom. The summed E-state index contributed by atoms with van der Waals surface area (Å²) in [5, 5.41) is 14.0. The SMILES string of the molecule is C[C@H](Sc1nnc(Nc2ccccc2F)s1)C(=O)NC(C)(C)C. The van der Waals surface area contributed by atoms with Gasteiger partial charge >= 0.3 is 0 Å². The maximum atomic E-state index is 13.6. The monoisotopic (exact) mass is 354 g/mol. The molecule has 0 unspecified atom stereocenters. The zero-order chi connectivity index (χ0) is 17.0. The van der Waals surface area contributed by atoms with Crippen LogP contribution in [0.25, 0.3) is 0 Å². The van der Waals surface area contributed by atoms with E-state index < -0.39 is 0 Å². The van der Waals surface area contributed by atoms with Crippen molar-refractivity contribution in [2.24, 2.45) is 0 Å². The highest BCUT2D eigenvalue weighted by Gasteiger charge is 2.21. The van der Waals surface area contributed by atoms with Crippen LogP contribution in [0.15, 0.2) is 28.6 Å². The van der Waals surface area contributed by atoms with Crippen molar-refractivity contribution in [3.63, 3.8) is 0 Å². The number of hydrogen-bond donors (Lipinski definition) is 2. The minimum absolute atomic E-state index is 0.0543. The molecular weight excluding hydrogens is 335 g/mol. The first-order valence-electron chi connectivity index (χ1n) is 7.08. The van der Waals surface area contributed by atoms with Gasteiger partial charge < -0.3 is 10.6 Å². The molecule has 0 aliphatic carbocycles. The van der Waals surface area contributed by atoms with Crippen molar-refractivity contribution in [2.75, 3.05) is 5.32 Å². The number of halogens is 1. The molecule has 1 aromatic heterocycles. The molecule has 0 saturated heterocycles. The Morgan fingerprint density at radius 2 is 2.00 bits per heavy atom. The van der Waals surface area contributed by atoms with Crippen LogP contribution < -0.4 is 10.6 Å². The van der Waals surface area contributed by atoms with Crippen molar-refractivity contribution in [1.29, 1.82) is 0 Å².